The summed E-state index contributed by atoms with van der Waals surface area (Å²) in [6, 6.07) is 0. The number of halogens is 3. The largest absolute Gasteiger partial charge is 0.471 e. The summed E-state index contributed by atoms with van der Waals surface area (Å²) in [7, 11) is 0. The molecule has 0 spiro atoms. The molecule has 0 atom stereocenters. The predicted molar refractivity (Wildman–Crippen MR) is 98.2 cm³/mol. The average Bonchev–Trinajstić information content (AvgIpc) is 2.39. The number of rotatable bonds is 7. The van der Waals surface area contributed by atoms with Crippen molar-refractivity contribution in [1.29, 1.82) is 0 Å². The van der Waals surface area contributed by atoms with E-state index in [1.54, 1.807) is 0 Å². The summed E-state index contributed by atoms with van der Waals surface area (Å²) in [5, 5.41) is 5.42. The molecule has 0 aromatic heterocycles. The second-order valence-corrected chi connectivity index (χ2v) is 11.3. The highest BCUT2D eigenvalue weighted by atomic mass is 19.4. The first-order chi connectivity index (χ1) is 12.7. The standard InChI is InChI=1S/C21H31F3N2O2/c1-13(2)17-7-19(8-17,9-17)25-14(27)5-6-16(3,4)18-10-20(11-18,12-18)26-15(28)21(22,23)24/h13H,5-12H2,1-4H3,(H,25,27)(H,26,28). The molecule has 28 heavy (non-hydrogen) atoms. The van der Waals surface area contributed by atoms with E-state index in [1.165, 1.54) is 0 Å². The van der Waals surface area contributed by atoms with Crippen LogP contribution in [0.5, 0.6) is 0 Å². The second-order valence-electron chi connectivity index (χ2n) is 11.3. The number of nitrogens with one attached hydrogen (secondary N) is 2. The molecule has 6 aliphatic carbocycles. The highest BCUT2D eigenvalue weighted by Crippen LogP contribution is 2.75. The van der Waals surface area contributed by atoms with Gasteiger partial charge in [0.25, 0.3) is 0 Å². The smallest absolute Gasteiger partial charge is 0.351 e. The lowest BCUT2D eigenvalue weighted by molar-refractivity contribution is -0.233. The molecule has 2 N–H and O–H groups in total. The number of carbonyl (C=O) groups excluding carboxylic acids is 2. The minimum absolute atomic E-state index is 0.0355. The Labute approximate surface area is 164 Å². The number of hydrogen-bond acceptors (Lipinski definition) is 2. The molecule has 6 fully saturated rings. The van der Waals surface area contributed by atoms with Gasteiger partial charge in [-0.25, -0.2) is 0 Å². The van der Waals surface area contributed by atoms with Crippen molar-refractivity contribution in [2.75, 3.05) is 0 Å². The van der Waals surface area contributed by atoms with Gasteiger partial charge in [-0.2, -0.15) is 13.2 Å². The first-order valence-corrected chi connectivity index (χ1v) is 10.4. The normalized spacial score (nSPS) is 40.6. The molecule has 4 bridgehead atoms. The van der Waals surface area contributed by atoms with Crippen LogP contribution in [0.4, 0.5) is 13.2 Å². The van der Waals surface area contributed by atoms with E-state index >= 15 is 0 Å². The molecule has 4 nitrogen and oxygen atoms in total. The van der Waals surface area contributed by atoms with Crippen LogP contribution in [0.2, 0.25) is 0 Å². The van der Waals surface area contributed by atoms with Gasteiger partial charge in [0.05, 0.1) is 0 Å². The van der Waals surface area contributed by atoms with E-state index in [9.17, 15) is 22.8 Å². The maximum atomic E-state index is 12.5. The number of alkyl halides is 3. The van der Waals surface area contributed by atoms with Crippen molar-refractivity contribution in [3.63, 3.8) is 0 Å². The Morgan fingerprint density at radius 1 is 0.929 bits per heavy atom. The van der Waals surface area contributed by atoms with E-state index in [4.69, 9.17) is 0 Å². The lowest BCUT2D eigenvalue weighted by atomic mass is 9.32. The SMILES string of the molecule is CC(C)C12CC(NC(=O)CCC(C)(C)C34CC(NC(=O)C(F)(F)F)(C3)C4)(C1)C2. The first kappa shape index (κ1) is 20.0. The Morgan fingerprint density at radius 2 is 1.43 bits per heavy atom. The summed E-state index contributed by atoms with van der Waals surface area (Å²) in [5.41, 5.74) is -0.373. The number of carbonyl (C=O) groups is 2. The van der Waals surface area contributed by atoms with E-state index in [0.717, 1.165) is 19.3 Å². The van der Waals surface area contributed by atoms with Gasteiger partial charge in [-0.05, 0) is 67.1 Å². The molecule has 0 heterocycles. The summed E-state index contributed by atoms with van der Waals surface area (Å²) in [5.74, 6) is -1.08. The van der Waals surface area contributed by atoms with Crippen molar-refractivity contribution in [2.24, 2.45) is 22.2 Å². The lowest BCUT2D eigenvalue weighted by Gasteiger charge is -2.76. The van der Waals surface area contributed by atoms with Crippen LogP contribution in [0.25, 0.3) is 0 Å². The van der Waals surface area contributed by atoms with E-state index in [0.29, 0.717) is 43.4 Å². The third kappa shape index (κ3) is 2.71. The van der Waals surface area contributed by atoms with Gasteiger partial charge < -0.3 is 10.6 Å². The summed E-state index contributed by atoms with van der Waals surface area (Å²) < 4.78 is 37.4. The Kier molecular flexibility index (Phi) is 3.90. The zero-order chi connectivity index (χ0) is 20.8. The quantitative estimate of drug-likeness (QED) is 0.676. The molecule has 158 valence electrons. The fraction of sp³-hybridized carbons (Fsp3) is 0.905. The zero-order valence-corrected chi connectivity index (χ0v) is 17.2. The van der Waals surface area contributed by atoms with Gasteiger partial charge in [0.2, 0.25) is 5.91 Å². The molecule has 0 aromatic carbocycles. The molecular formula is C21H31F3N2O2. The predicted octanol–water partition coefficient (Wildman–Crippen LogP) is 4.09. The Bertz CT molecular complexity index is 686. The van der Waals surface area contributed by atoms with Crippen molar-refractivity contribution in [2.45, 2.75) is 96.3 Å². The van der Waals surface area contributed by atoms with Gasteiger partial charge in [0.15, 0.2) is 0 Å². The van der Waals surface area contributed by atoms with Crippen LogP contribution in [-0.4, -0.2) is 29.1 Å². The first-order valence-electron chi connectivity index (χ1n) is 10.4. The highest BCUT2D eigenvalue weighted by Gasteiger charge is 2.73. The third-order valence-corrected chi connectivity index (χ3v) is 8.78. The van der Waals surface area contributed by atoms with Crippen molar-refractivity contribution in [3.8, 4) is 0 Å². The molecule has 6 saturated carbocycles. The molecule has 6 rings (SSSR count). The van der Waals surface area contributed by atoms with Crippen LogP contribution in [0.3, 0.4) is 0 Å². The van der Waals surface area contributed by atoms with Gasteiger partial charge >= 0.3 is 12.1 Å². The Morgan fingerprint density at radius 3 is 1.89 bits per heavy atom. The minimum atomic E-state index is -4.83. The number of hydrogen-bond donors (Lipinski definition) is 2. The Balaban J connectivity index is 1.22. The zero-order valence-electron chi connectivity index (χ0n) is 17.2. The fourth-order valence-corrected chi connectivity index (χ4v) is 6.61. The molecule has 0 unspecified atom stereocenters. The monoisotopic (exact) mass is 400 g/mol. The van der Waals surface area contributed by atoms with E-state index in [-0.39, 0.29) is 22.3 Å². The fourth-order valence-electron chi connectivity index (χ4n) is 6.61. The molecular weight excluding hydrogens is 369 g/mol. The average molecular weight is 400 g/mol. The molecule has 6 aliphatic rings. The van der Waals surface area contributed by atoms with Gasteiger partial charge in [0.1, 0.15) is 0 Å². The van der Waals surface area contributed by atoms with Crippen molar-refractivity contribution >= 4 is 11.8 Å². The maximum absolute atomic E-state index is 12.5. The molecule has 2 amide bonds. The van der Waals surface area contributed by atoms with Gasteiger partial charge in [-0.15, -0.1) is 0 Å². The van der Waals surface area contributed by atoms with Crippen molar-refractivity contribution < 1.29 is 22.8 Å². The van der Waals surface area contributed by atoms with Crippen molar-refractivity contribution in [3.05, 3.63) is 0 Å². The Hall–Kier alpha value is -1.27. The van der Waals surface area contributed by atoms with Crippen LogP contribution in [0, 0.1) is 22.2 Å². The van der Waals surface area contributed by atoms with E-state index in [1.807, 2.05) is 0 Å². The van der Waals surface area contributed by atoms with Crippen LogP contribution >= 0.6 is 0 Å². The van der Waals surface area contributed by atoms with Crippen LogP contribution in [0.1, 0.15) is 79.1 Å². The number of amides is 2. The lowest BCUT2D eigenvalue weighted by Crippen LogP contribution is -2.79. The van der Waals surface area contributed by atoms with Gasteiger partial charge in [-0.1, -0.05) is 27.7 Å². The van der Waals surface area contributed by atoms with Crippen molar-refractivity contribution in [1.82, 2.24) is 10.6 Å². The molecule has 0 aliphatic heterocycles. The molecule has 0 aromatic rings. The maximum Gasteiger partial charge on any atom is 0.471 e. The van der Waals surface area contributed by atoms with Gasteiger partial charge in [0, 0.05) is 17.5 Å². The van der Waals surface area contributed by atoms with Crippen LogP contribution < -0.4 is 10.6 Å². The van der Waals surface area contributed by atoms with E-state index < -0.39 is 17.6 Å². The minimum Gasteiger partial charge on any atom is -0.351 e. The highest BCUT2D eigenvalue weighted by molar-refractivity contribution is 5.83. The van der Waals surface area contributed by atoms with Crippen LogP contribution in [0.15, 0.2) is 0 Å². The molecule has 0 saturated heterocycles. The third-order valence-electron chi connectivity index (χ3n) is 8.78. The van der Waals surface area contributed by atoms with Crippen LogP contribution in [-0.2, 0) is 9.59 Å². The van der Waals surface area contributed by atoms with E-state index in [2.05, 4.69) is 38.3 Å². The summed E-state index contributed by atoms with van der Waals surface area (Å²) in [4.78, 5) is 23.7. The summed E-state index contributed by atoms with van der Waals surface area (Å²) in [6.07, 6.45) is 1.37. The second kappa shape index (κ2) is 5.45. The molecule has 7 heteroatoms. The summed E-state index contributed by atoms with van der Waals surface area (Å²) in [6.45, 7) is 8.70. The molecule has 0 radical (unpaired) electrons. The topological polar surface area (TPSA) is 58.2 Å². The summed E-state index contributed by atoms with van der Waals surface area (Å²) >= 11 is 0. The van der Waals surface area contributed by atoms with Gasteiger partial charge in [-0.3, -0.25) is 9.59 Å².